The molecule has 3 rings (SSSR count). The van der Waals surface area contributed by atoms with Gasteiger partial charge in [0.25, 0.3) is 0 Å². The first-order chi connectivity index (χ1) is 12.0. The van der Waals surface area contributed by atoms with Crippen molar-refractivity contribution < 1.29 is 13.9 Å². The van der Waals surface area contributed by atoms with E-state index in [9.17, 15) is 9.18 Å². The van der Waals surface area contributed by atoms with Crippen LogP contribution in [0.1, 0.15) is 9.88 Å². The molecule has 0 aliphatic carbocycles. The van der Waals surface area contributed by atoms with Crippen molar-refractivity contribution in [3.8, 4) is 17.1 Å². The van der Waals surface area contributed by atoms with Gasteiger partial charge in [-0.3, -0.25) is 4.79 Å². The Kier molecular flexibility index (Phi) is 5.04. The minimum absolute atomic E-state index is 0.168. The van der Waals surface area contributed by atoms with Gasteiger partial charge in [-0.2, -0.15) is 0 Å². The molecular weight excluding hydrogens is 341 g/mol. The highest BCUT2D eigenvalue weighted by atomic mass is 32.1. The van der Waals surface area contributed by atoms with Crippen molar-refractivity contribution in [1.82, 2.24) is 9.97 Å². The Morgan fingerprint density at radius 3 is 2.64 bits per heavy atom. The van der Waals surface area contributed by atoms with Crippen LogP contribution >= 0.6 is 11.3 Å². The predicted octanol–water partition coefficient (Wildman–Crippen LogP) is 3.84. The van der Waals surface area contributed by atoms with Crippen LogP contribution in [-0.2, 0) is 11.2 Å². The van der Waals surface area contributed by atoms with Gasteiger partial charge in [0.2, 0.25) is 11.8 Å². The van der Waals surface area contributed by atoms with E-state index in [1.807, 2.05) is 6.92 Å². The number of methoxy groups -OCH3 is 1. The van der Waals surface area contributed by atoms with Gasteiger partial charge in [-0.25, -0.2) is 14.4 Å². The lowest BCUT2D eigenvalue weighted by Crippen LogP contribution is -2.14. The summed E-state index contributed by atoms with van der Waals surface area (Å²) < 4.78 is 18.1. The van der Waals surface area contributed by atoms with Gasteiger partial charge < -0.3 is 10.1 Å². The summed E-state index contributed by atoms with van der Waals surface area (Å²) in [5.74, 6) is 0.00987. The highest BCUT2D eigenvalue weighted by Gasteiger charge is 2.15. The molecule has 5 nitrogen and oxygen atoms in total. The number of carbonyl (C=O) groups is 1. The molecule has 128 valence electrons. The van der Waals surface area contributed by atoms with Gasteiger partial charge in [0.1, 0.15) is 5.82 Å². The molecule has 1 amide bonds. The first-order valence-electron chi connectivity index (χ1n) is 7.57. The summed E-state index contributed by atoms with van der Waals surface area (Å²) in [4.78, 5) is 21.7. The van der Waals surface area contributed by atoms with E-state index in [1.54, 1.807) is 24.3 Å². The average Bonchev–Trinajstić information content (AvgIpc) is 2.96. The second kappa shape index (κ2) is 7.40. The fraction of sp³-hybridized carbons (Fsp3) is 0.167. The maximum absolute atomic E-state index is 13.1. The molecule has 0 saturated heterocycles. The van der Waals surface area contributed by atoms with Crippen molar-refractivity contribution in [1.29, 1.82) is 0 Å². The molecule has 1 aromatic carbocycles. The summed E-state index contributed by atoms with van der Waals surface area (Å²) in [5, 5.41) is 3.66. The number of anilines is 1. The molecule has 0 aliphatic heterocycles. The number of nitrogens with zero attached hydrogens (tertiary/aromatic N) is 2. The van der Waals surface area contributed by atoms with Crippen LogP contribution < -0.4 is 10.1 Å². The number of aryl methyl sites for hydroxylation is 1. The number of thiazole rings is 1. The van der Waals surface area contributed by atoms with E-state index < -0.39 is 0 Å². The molecule has 3 aromatic rings. The lowest BCUT2D eigenvalue weighted by molar-refractivity contribution is -0.115. The predicted molar refractivity (Wildman–Crippen MR) is 95.4 cm³/mol. The van der Waals surface area contributed by atoms with Gasteiger partial charge in [0.05, 0.1) is 36.1 Å². The Balaban J connectivity index is 1.75. The third-order valence-corrected chi connectivity index (χ3v) is 4.44. The lowest BCUT2D eigenvalue weighted by Gasteiger charge is -2.06. The van der Waals surface area contributed by atoms with Crippen LogP contribution in [0.15, 0.2) is 42.6 Å². The van der Waals surface area contributed by atoms with Gasteiger partial charge >= 0.3 is 0 Å². The van der Waals surface area contributed by atoms with Gasteiger partial charge in [0.15, 0.2) is 0 Å². The molecular formula is C18H16FN3O2S. The molecule has 25 heavy (non-hydrogen) atoms. The standard InChI is InChI=1S/C18H16FN3O2S/c1-11-21-18(12-3-5-13(19)6-4-12)15(25-11)9-16(23)22-14-7-8-17(24-2)20-10-14/h3-8,10H,9H2,1-2H3,(H,22,23). The van der Waals surface area contributed by atoms with Crippen molar-refractivity contribution in [3.63, 3.8) is 0 Å². The summed E-state index contributed by atoms with van der Waals surface area (Å²) in [6.45, 7) is 1.88. The molecule has 1 N–H and O–H groups in total. The topological polar surface area (TPSA) is 64.1 Å². The Bertz CT molecular complexity index is 876. The summed E-state index contributed by atoms with van der Waals surface area (Å²) >= 11 is 1.46. The number of nitrogens with one attached hydrogen (secondary N) is 1. The number of pyridine rings is 1. The highest BCUT2D eigenvalue weighted by Crippen LogP contribution is 2.29. The fourth-order valence-corrected chi connectivity index (χ4v) is 3.31. The lowest BCUT2D eigenvalue weighted by atomic mass is 10.1. The third kappa shape index (κ3) is 4.19. The highest BCUT2D eigenvalue weighted by molar-refractivity contribution is 7.12. The second-order valence-electron chi connectivity index (χ2n) is 5.33. The molecule has 0 aliphatic rings. The molecule has 0 saturated carbocycles. The number of amides is 1. The average molecular weight is 357 g/mol. The van der Waals surface area contributed by atoms with Crippen LogP contribution in [0.4, 0.5) is 10.1 Å². The summed E-state index contributed by atoms with van der Waals surface area (Å²) in [7, 11) is 1.53. The van der Waals surface area contributed by atoms with E-state index in [2.05, 4.69) is 15.3 Å². The SMILES string of the molecule is COc1ccc(NC(=O)Cc2sc(C)nc2-c2ccc(F)cc2)cn1. The van der Waals surface area contributed by atoms with Crippen LogP contribution in [0.2, 0.25) is 0 Å². The summed E-state index contributed by atoms with van der Waals surface area (Å²) in [6.07, 6.45) is 1.72. The molecule has 0 atom stereocenters. The van der Waals surface area contributed by atoms with Gasteiger partial charge in [-0.1, -0.05) is 0 Å². The van der Waals surface area contributed by atoms with Gasteiger partial charge in [-0.15, -0.1) is 11.3 Å². The number of ether oxygens (including phenoxy) is 1. The summed E-state index contributed by atoms with van der Waals surface area (Å²) in [6, 6.07) is 9.50. The molecule has 0 radical (unpaired) electrons. The first-order valence-corrected chi connectivity index (χ1v) is 8.39. The smallest absolute Gasteiger partial charge is 0.229 e. The quantitative estimate of drug-likeness (QED) is 0.753. The molecule has 0 bridgehead atoms. The minimum atomic E-state index is -0.304. The van der Waals surface area contributed by atoms with Crippen molar-refractivity contribution in [3.05, 3.63) is 58.3 Å². The molecule has 2 aromatic heterocycles. The zero-order valence-electron chi connectivity index (χ0n) is 13.7. The fourth-order valence-electron chi connectivity index (χ4n) is 2.35. The number of carbonyl (C=O) groups excluding carboxylic acids is 1. The van der Waals surface area contributed by atoms with E-state index in [0.29, 0.717) is 17.3 Å². The van der Waals surface area contributed by atoms with E-state index in [0.717, 1.165) is 15.4 Å². The third-order valence-electron chi connectivity index (χ3n) is 3.47. The van der Waals surface area contributed by atoms with E-state index in [1.165, 1.54) is 36.8 Å². The largest absolute Gasteiger partial charge is 0.481 e. The van der Waals surface area contributed by atoms with Gasteiger partial charge in [0, 0.05) is 16.5 Å². The molecule has 7 heteroatoms. The Morgan fingerprint density at radius 2 is 2.00 bits per heavy atom. The van der Waals surface area contributed by atoms with Crippen LogP contribution in [0.3, 0.4) is 0 Å². The molecule has 0 fully saturated rings. The maximum Gasteiger partial charge on any atom is 0.229 e. The Hall–Kier alpha value is -2.80. The first kappa shape index (κ1) is 17.0. The zero-order valence-corrected chi connectivity index (χ0v) is 14.6. The van der Waals surface area contributed by atoms with Crippen molar-refractivity contribution in [2.45, 2.75) is 13.3 Å². The van der Waals surface area contributed by atoms with Crippen molar-refractivity contribution in [2.75, 3.05) is 12.4 Å². The molecule has 2 heterocycles. The van der Waals surface area contributed by atoms with E-state index in [-0.39, 0.29) is 18.1 Å². The maximum atomic E-state index is 13.1. The Labute approximate surface area is 148 Å². The number of hydrogen-bond donors (Lipinski definition) is 1. The van der Waals surface area contributed by atoms with Crippen molar-refractivity contribution in [2.24, 2.45) is 0 Å². The minimum Gasteiger partial charge on any atom is -0.481 e. The second-order valence-corrected chi connectivity index (χ2v) is 6.61. The number of halogens is 1. The number of benzene rings is 1. The van der Waals surface area contributed by atoms with Crippen LogP contribution in [0.5, 0.6) is 5.88 Å². The monoisotopic (exact) mass is 357 g/mol. The normalized spacial score (nSPS) is 10.5. The van der Waals surface area contributed by atoms with Crippen LogP contribution in [-0.4, -0.2) is 23.0 Å². The molecule has 0 spiro atoms. The number of aromatic nitrogens is 2. The van der Waals surface area contributed by atoms with Crippen LogP contribution in [0, 0.1) is 12.7 Å². The zero-order chi connectivity index (χ0) is 17.8. The van der Waals surface area contributed by atoms with E-state index in [4.69, 9.17) is 4.74 Å². The summed E-state index contributed by atoms with van der Waals surface area (Å²) in [5.41, 5.74) is 2.10. The Morgan fingerprint density at radius 1 is 1.24 bits per heavy atom. The van der Waals surface area contributed by atoms with Crippen molar-refractivity contribution >= 4 is 22.9 Å². The van der Waals surface area contributed by atoms with Crippen LogP contribution in [0.25, 0.3) is 11.3 Å². The number of rotatable bonds is 5. The van der Waals surface area contributed by atoms with E-state index >= 15 is 0 Å². The molecule has 0 unspecified atom stereocenters. The van der Waals surface area contributed by atoms with Gasteiger partial charge in [-0.05, 0) is 37.3 Å². The number of hydrogen-bond acceptors (Lipinski definition) is 5.